The summed E-state index contributed by atoms with van der Waals surface area (Å²) in [6.07, 6.45) is 3.75. The summed E-state index contributed by atoms with van der Waals surface area (Å²) in [7, 11) is 0. The molecule has 6 N–H and O–H groups in total. The standard InChI is InChI=1S/C9H16N4/c1-6-4-13(5-10)8(9(6)12)3-7(2)11/h3-4H,5,10-12H2,1-2H3/b7-3-. The lowest BCUT2D eigenvalue weighted by atomic mass is 10.2. The fourth-order valence-corrected chi connectivity index (χ4v) is 1.26. The van der Waals surface area contributed by atoms with Crippen LogP contribution in [0.5, 0.6) is 0 Å². The van der Waals surface area contributed by atoms with Crippen LogP contribution in [0.25, 0.3) is 6.08 Å². The molecule has 1 aromatic rings. The quantitative estimate of drug-likeness (QED) is 0.623. The Morgan fingerprint density at radius 2 is 2.23 bits per heavy atom. The van der Waals surface area contributed by atoms with Gasteiger partial charge in [0.05, 0.1) is 18.1 Å². The Kier molecular flexibility index (Phi) is 2.63. The molecule has 0 unspecified atom stereocenters. The van der Waals surface area contributed by atoms with Gasteiger partial charge in [-0.1, -0.05) is 0 Å². The average Bonchev–Trinajstić information content (AvgIpc) is 2.31. The van der Waals surface area contributed by atoms with E-state index in [1.165, 1.54) is 0 Å². The number of rotatable bonds is 2. The number of nitrogens with zero attached hydrogens (tertiary/aromatic N) is 1. The molecule has 0 atom stereocenters. The Balaban J connectivity index is 3.24. The molecule has 1 heterocycles. The lowest BCUT2D eigenvalue weighted by Crippen LogP contribution is -2.08. The van der Waals surface area contributed by atoms with Crippen LogP contribution in [0.3, 0.4) is 0 Å². The zero-order valence-corrected chi connectivity index (χ0v) is 8.04. The molecule has 0 radical (unpaired) electrons. The van der Waals surface area contributed by atoms with E-state index in [1.807, 2.05) is 30.7 Å². The number of nitrogens with two attached hydrogens (primary N) is 3. The molecule has 0 aliphatic rings. The van der Waals surface area contributed by atoms with Crippen molar-refractivity contribution in [2.45, 2.75) is 20.5 Å². The van der Waals surface area contributed by atoms with Crippen molar-refractivity contribution >= 4 is 11.8 Å². The van der Waals surface area contributed by atoms with Crippen molar-refractivity contribution in [2.75, 3.05) is 5.73 Å². The van der Waals surface area contributed by atoms with Crippen LogP contribution in [-0.2, 0) is 6.67 Å². The van der Waals surface area contributed by atoms with Crippen molar-refractivity contribution in [2.24, 2.45) is 11.5 Å². The van der Waals surface area contributed by atoms with Crippen LogP contribution in [0.4, 0.5) is 5.69 Å². The highest BCUT2D eigenvalue weighted by molar-refractivity contribution is 5.66. The zero-order chi connectivity index (χ0) is 10.0. The molecule has 0 fully saturated rings. The first-order valence-corrected chi connectivity index (χ1v) is 4.15. The van der Waals surface area contributed by atoms with Gasteiger partial charge in [-0.25, -0.2) is 0 Å². The van der Waals surface area contributed by atoms with Crippen molar-refractivity contribution in [1.82, 2.24) is 4.57 Å². The summed E-state index contributed by atoms with van der Waals surface area (Å²) in [5, 5.41) is 0. The van der Waals surface area contributed by atoms with Crippen LogP contribution in [0.15, 0.2) is 11.9 Å². The second-order valence-corrected chi connectivity index (χ2v) is 3.15. The van der Waals surface area contributed by atoms with Crippen molar-refractivity contribution in [3.63, 3.8) is 0 Å². The van der Waals surface area contributed by atoms with Crippen molar-refractivity contribution < 1.29 is 0 Å². The molecule has 0 aromatic carbocycles. The van der Waals surface area contributed by atoms with Gasteiger partial charge in [0.15, 0.2) is 0 Å². The second-order valence-electron chi connectivity index (χ2n) is 3.15. The minimum atomic E-state index is 0.414. The summed E-state index contributed by atoms with van der Waals surface area (Å²) in [5.41, 5.74) is 20.4. The van der Waals surface area contributed by atoms with Gasteiger partial charge >= 0.3 is 0 Å². The van der Waals surface area contributed by atoms with Gasteiger partial charge in [-0.05, 0) is 25.5 Å². The van der Waals surface area contributed by atoms with Crippen LogP contribution < -0.4 is 17.2 Å². The van der Waals surface area contributed by atoms with E-state index in [0.717, 1.165) is 22.6 Å². The van der Waals surface area contributed by atoms with Gasteiger partial charge in [0, 0.05) is 11.9 Å². The Hall–Kier alpha value is -1.42. The molecule has 4 nitrogen and oxygen atoms in total. The summed E-state index contributed by atoms with van der Waals surface area (Å²) in [4.78, 5) is 0. The predicted octanol–water partition coefficient (Wildman–Crippen LogP) is 0.614. The topological polar surface area (TPSA) is 83.0 Å². The third-order valence-electron chi connectivity index (χ3n) is 1.92. The summed E-state index contributed by atoms with van der Waals surface area (Å²) in [6, 6.07) is 0. The molecule has 0 aliphatic heterocycles. The maximum Gasteiger partial charge on any atom is 0.0701 e. The molecule has 13 heavy (non-hydrogen) atoms. The molecule has 0 saturated heterocycles. The van der Waals surface area contributed by atoms with Gasteiger partial charge in [-0.2, -0.15) is 0 Å². The second kappa shape index (κ2) is 3.53. The molecule has 1 aromatic heterocycles. The van der Waals surface area contributed by atoms with E-state index in [0.29, 0.717) is 6.67 Å². The maximum absolute atomic E-state index is 5.85. The molecule has 72 valence electrons. The number of anilines is 1. The molecule has 1 rings (SSSR count). The highest BCUT2D eigenvalue weighted by Gasteiger charge is 2.06. The molecule has 0 bridgehead atoms. The van der Waals surface area contributed by atoms with E-state index in [4.69, 9.17) is 17.2 Å². The van der Waals surface area contributed by atoms with Crippen LogP contribution in [0, 0.1) is 6.92 Å². The van der Waals surface area contributed by atoms with Crippen molar-refractivity contribution in [3.05, 3.63) is 23.2 Å². The number of nitrogen functional groups attached to an aromatic ring is 1. The first-order chi connectivity index (χ1) is 6.06. The highest BCUT2D eigenvalue weighted by atomic mass is 15.0. The number of hydrogen-bond acceptors (Lipinski definition) is 3. The molecular weight excluding hydrogens is 164 g/mol. The van der Waals surface area contributed by atoms with Crippen molar-refractivity contribution in [1.29, 1.82) is 0 Å². The van der Waals surface area contributed by atoms with Crippen LogP contribution in [-0.4, -0.2) is 4.57 Å². The predicted molar refractivity (Wildman–Crippen MR) is 55.6 cm³/mol. The number of aromatic nitrogens is 1. The van der Waals surface area contributed by atoms with Gasteiger partial charge in [-0.3, -0.25) is 0 Å². The SMILES string of the molecule is C/C(N)=C/c1c(N)c(C)cn1CN. The third kappa shape index (κ3) is 1.84. The molecule has 0 saturated carbocycles. The van der Waals surface area contributed by atoms with E-state index >= 15 is 0 Å². The van der Waals surface area contributed by atoms with Crippen LogP contribution in [0.2, 0.25) is 0 Å². The highest BCUT2D eigenvalue weighted by Crippen LogP contribution is 2.20. The van der Waals surface area contributed by atoms with Crippen molar-refractivity contribution in [3.8, 4) is 0 Å². The van der Waals surface area contributed by atoms with Gasteiger partial charge in [0.2, 0.25) is 0 Å². The minimum absolute atomic E-state index is 0.414. The van der Waals surface area contributed by atoms with Crippen LogP contribution >= 0.6 is 0 Å². The Morgan fingerprint density at radius 1 is 1.62 bits per heavy atom. The van der Waals surface area contributed by atoms with E-state index in [1.54, 1.807) is 0 Å². The third-order valence-corrected chi connectivity index (χ3v) is 1.92. The number of aryl methyl sites for hydroxylation is 1. The van der Waals surface area contributed by atoms with E-state index in [9.17, 15) is 0 Å². The Bertz CT molecular complexity index is 332. The van der Waals surface area contributed by atoms with E-state index in [2.05, 4.69) is 0 Å². The molecule has 4 heteroatoms. The minimum Gasteiger partial charge on any atom is -0.402 e. The summed E-state index contributed by atoms with van der Waals surface area (Å²) >= 11 is 0. The number of hydrogen-bond donors (Lipinski definition) is 3. The maximum atomic E-state index is 5.85. The summed E-state index contributed by atoms with van der Waals surface area (Å²) < 4.78 is 1.88. The van der Waals surface area contributed by atoms with Gasteiger partial charge in [0.1, 0.15) is 0 Å². The molecule has 0 amide bonds. The largest absolute Gasteiger partial charge is 0.402 e. The summed E-state index contributed by atoms with van der Waals surface area (Å²) in [6.45, 7) is 4.18. The van der Waals surface area contributed by atoms with Gasteiger partial charge < -0.3 is 21.8 Å². The van der Waals surface area contributed by atoms with E-state index in [-0.39, 0.29) is 0 Å². The molecular formula is C9H16N4. The fraction of sp³-hybridized carbons (Fsp3) is 0.333. The fourth-order valence-electron chi connectivity index (χ4n) is 1.26. The monoisotopic (exact) mass is 180 g/mol. The lowest BCUT2D eigenvalue weighted by Gasteiger charge is -2.02. The first-order valence-electron chi connectivity index (χ1n) is 4.15. The zero-order valence-electron chi connectivity index (χ0n) is 8.04. The van der Waals surface area contributed by atoms with Gasteiger partial charge in [0.25, 0.3) is 0 Å². The Labute approximate surface area is 78.0 Å². The number of allylic oxidation sites excluding steroid dienone is 1. The van der Waals surface area contributed by atoms with Gasteiger partial charge in [-0.15, -0.1) is 0 Å². The first kappa shape index (κ1) is 9.67. The van der Waals surface area contributed by atoms with E-state index < -0.39 is 0 Å². The normalized spacial score (nSPS) is 12.1. The van der Waals surface area contributed by atoms with Crippen LogP contribution in [0.1, 0.15) is 18.2 Å². The smallest absolute Gasteiger partial charge is 0.0701 e. The lowest BCUT2D eigenvalue weighted by molar-refractivity contribution is 0.730. The molecule has 0 spiro atoms. The molecule has 0 aliphatic carbocycles. The average molecular weight is 180 g/mol. The summed E-state index contributed by atoms with van der Waals surface area (Å²) in [5.74, 6) is 0. The Morgan fingerprint density at radius 3 is 2.69 bits per heavy atom.